The van der Waals surface area contributed by atoms with Crippen LogP contribution in [-0.2, 0) is 9.53 Å². The van der Waals surface area contributed by atoms with Gasteiger partial charge in [0, 0.05) is 25.0 Å². The quantitative estimate of drug-likeness (QED) is 0.564. The molecule has 0 aromatic heterocycles. The van der Waals surface area contributed by atoms with Gasteiger partial charge in [-0.05, 0) is 62.1 Å². The molecule has 3 N–H and O–H groups in total. The molecule has 2 heterocycles. The van der Waals surface area contributed by atoms with E-state index in [1.807, 2.05) is 38.1 Å². The molecule has 4 rings (SSSR count). The minimum atomic E-state index is -0.352. The first kappa shape index (κ1) is 25.5. The number of amides is 4. The van der Waals surface area contributed by atoms with E-state index in [2.05, 4.69) is 16.0 Å². The second kappa shape index (κ2) is 11.4. The Bertz CT molecular complexity index is 1120. The van der Waals surface area contributed by atoms with Crippen molar-refractivity contribution in [3.05, 3.63) is 53.6 Å². The molecule has 36 heavy (non-hydrogen) atoms. The molecular formula is C27H34N4O5. The lowest BCUT2D eigenvalue weighted by Crippen LogP contribution is -2.53. The Labute approximate surface area is 211 Å². The number of carbonyl (C=O) groups is 3. The first-order valence-electron chi connectivity index (χ1n) is 12.4. The van der Waals surface area contributed by atoms with Crippen LogP contribution in [-0.4, -0.2) is 61.2 Å². The molecule has 4 amide bonds. The van der Waals surface area contributed by atoms with Crippen LogP contribution >= 0.6 is 0 Å². The lowest BCUT2D eigenvalue weighted by atomic mass is 9.94. The van der Waals surface area contributed by atoms with E-state index in [9.17, 15) is 14.4 Å². The summed E-state index contributed by atoms with van der Waals surface area (Å²) in [6.07, 6.45) is 1.82. The van der Waals surface area contributed by atoms with Crippen molar-refractivity contribution in [1.82, 2.24) is 10.2 Å². The molecule has 0 unspecified atom stereocenters. The van der Waals surface area contributed by atoms with Crippen LogP contribution in [0, 0.1) is 6.92 Å². The van der Waals surface area contributed by atoms with Crippen LogP contribution in [0.2, 0.25) is 0 Å². The Morgan fingerprint density at radius 3 is 2.67 bits per heavy atom. The van der Waals surface area contributed by atoms with E-state index >= 15 is 0 Å². The van der Waals surface area contributed by atoms with Gasteiger partial charge in [0.15, 0.2) is 0 Å². The van der Waals surface area contributed by atoms with E-state index in [4.69, 9.17) is 9.47 Å². The fourth-order valence-electron chi connectivity index (χ4n) is 4.66. The summed E-state index contributed by atoms with van der Waals surface area (Å²) < 4.78 is 12.3. The van der Waals surface area contributed by atoms with Gasteiger partial charge in [-0.1, -0.05) is 19.1 Å². The van der Waals surface area contributed by atoms with Gasteiger partial charge in [-0.25, -0.2) is 4.79 Å². The number of benzene rings is 2. The van der Waals surface area contributed by atoms with E-state index < -0.39 is 0 Å². The average molecular weight is 495 g/mol. The van der Waals surface area contributed by atoms with Crippen molar-refractivity contribution in [2.75, 3.05) is 30.8 Å². The Kier molecular flexibility index (Phi) is 8.10. The number of fused-ring (bicyclic) bond motifs is 2. The molecule has 3 atom stereocenters. The van der Waals surface area contributed by atoms with Crippen LogP contribution < -0.4 is 20.7 Å². The van der Waals surface area contributed by atoms with Crippen molar-refractivity contribution in [2.45, 2.75) is 57.8 Å². The van der Waals surface area contributed by atoms with Crippen molar-refractivity contribution >= 4 is 29.2 Å². The van der Waals surface area contributed by atoms with Gasteiger partial charge < -0.3 is 30.3 Å². The zero-order valence-electron chi connectivity index (χ0n) is 21.0. The summed E-state index contributed by atoms with van der Waals surface area (Å²) in [6.45, 7) is 4.78. The van der Waals surface area contributed by atoms with Crippen molar-refractivity contribution in [1.29, 1.82) is 0 Å². The summed E-state index contributed by atoms with van der Waals surface area (Å²) in [5, 5.41) is 8.45. The summed E-state index contributed by atoms with van der Waals surface area (Å²) in [5.74, 6) is 0.137. The topological polar surface area (TPSA) is 109 Å². The molecule has 0 bridgehead atoms. The third-order valence-corrected chi connectivity index (χ3v) is 6.52. The highest BCUT2D eigenvalue weighted by Gasteiger charge is 2.39. The first-order chi connectivity index (χ1) is 17.3. The van der Waals surface area contributed by atoms with E-state index in [0.717, 1.165) is 17.7 Å². The second-order valence-electron chi connectivity index (χ2n) is 9.38. The summed E-state index contributed by atoms with van der Waals surface area (Å²) in [4.78, 5) is 39.7. The summed E-state index contributed by atoms with van der Waals surface area (Å²) in [7, 11) is 1.76. The number of urea groups is 1. The highest BCUT2D eigenvalue weighted by molar-refractivity contribution is 5.99. The maximum Gasteiger partial charge on any atom is 0.319 e. The van der Waals surface area contributed by atoms with Gasteiger partial charge in [0.25, 0.3) is 5.91 Å². The normalized spacial score (nSPS) is 21.2. The Morgan fingerprint density at radius 1 is 1.08 bits per heavy atom. The standard InChI is InChI=1S/C27H34N4O5/c1-4-12-28-27(34)30-19-8-11-23-21(14-19)26(33)31(3)22-10-9-20(36-24(22)16-35-23)15-25(32)29-18-7-5-6-17(2)13-18/h5-8,11,13-14,20,22,24H,4,9-10,12,15-16H2,1-3H3,(H,29,32)(H2,28,30,34)/t20-,22+,24-/m1/s1. The Morgan fingerprint density at radius 2 is 1.89 bits per heavy atom. The van der Waals surface area contributed by atoms with Crippen molar-refractivity contribution in [3.8, 4) is 5.75 Å². The largest absolute Gasteiger partial charge is 0.490 e. The molecule has 192 valence electrons. The molecule has 0 spiro atoms. The smallest absolute Gasteiger partial charge is 0.319 e. The molecule has 2 aliphatic heterocycles. The number of rotatable bonds is 6. The Balaban J connectivity index is 1.40. The predicted octanol–water partition coefficient (Wildman–Crippen LogP) is 3.94. The molecule has 1 fully saturated rings. The van der Waals surface area contributed by atoms with Gasteiger partial charge in [-0.15, -0.1) is 0 Å². The number of anilines is 2. The van der Waals surface area contributed by atoms with Gasteiger partial charge >= 0.3 is 6.03 Å². The van der Waals surface area contributed by atoms with E-state index in [0.29, 0.717) is 36.4 Å². The molecule has 0 radical (unpaired) electrons. The third-order valence-electron chi connectivity index (χ3n) is 6.52. The maximum absolute atomic E-state index is 13.3. The number of ether oxygens (including phenoxy) is 2. The van der Waals surface area contributed by atoms with Crippen molar-refractivity contribution in [2.24, 2.45) is 0 Å². The van der Waals surface area contributed by atoms with E-state index in [1.165, 1.54) is 0 Å². The summed E-state index contributed by atoms with van der Waals surface area (Å²) in [5.41, 5.74) is 2.75. The highest BCUT2D eigenvalue weighted by Crippen LogP contribution is 2.32. The number of carbonyl (C=O) groups excluding carboxylic acids is 3. The van der Waals surface area contributed by atoms with Crippen LogP contribution in [0.4, 0.5) is 16.2 Å². The van der Waals surface area contributed by atoms with Gasteiger partial charge in [0.1, 0.15) is 18.5 Å². The number of likely N-dealkylation sites (N-methyl/N-ethyl adjacent to an activating group) is 1. The summed E-state index contributed by atoms with van der Waals surface area (Å²) in [6, 6.07) is 12.2. The first-order valence-corrected chi connectivity index (χ1v) is 12.4. The third kappa shape index (κ3) is 6.15. The predicted molar refractivity (Wildman–Crippen MR) is 137 cm³/mol. The molecule has 9 heteroatoms. The van der Waals surface area contributed by atoms with Crippen LogP contribution in [0.5, 0.6) is 5.75 Å². The molecular weight excluding hydrogens is 460 g/mol. The van der Waals surface area contributed by atoms with Crippen molar-refractivity contribution < 1.29 is 23.9 Å². The number of aryl methyl sites for hydroxylation is 1. The fraction of sp³-hybridized carbons (Fsp3) is 0.444. The number of hydrogen-bond donors (Lipinski definition) is 3. The second-order valence-corrected chi connectivity index (χ2v) is 9.38. The maximum atomic E-state index is 13.3. The lowest BCUT2D eigenvalue weighted by Gasteiger charge is -2.42. The molecule has 0 saturated carbocycles. The van der Waals surface area contributed by atoms with Gasteiger partial charge in [0.05, 0.1) is 24.1 Å². The van der Waals surface area contributed by atoms with Gasteiger partial charge in [0.2, 0.25) is 5.91 Å². The zero-order chi connectivity index (χ0) is 25.7. The number of hydrogen-bond acceptors (Lipinski definition) is 5. The molecule has 9 nitrogen and oxygen atoms in total. The average Bonchev–Trinajstić information content (AvgIpc) is 2.85. The molecule has 0 aliphatic carbocycles. The highest BCUT2D eigenvalue weighted by atomic mass is 16.5. The number of nitrogens with one attached hydrogen (secondary N) is 3. The number of nitrogens with zero attached hydrogens (tertiary/aromatic N) is 1. The van der Waals surface area contributed by atoms with Gasteiger partial charge in [-0.2, -0.15) is 0 Å². The van der Waals surface area contributed by atoms with Crippen LogP contribution in [0.1, 0.15) is 48.5 Å². The minimum absolute atomic E-state index is 0.103. The van der Waals surface area contributed by atoms with Crippen LogP contribution in [0.3, 0.4) is 0 Å². The SMILES string of the molecule is CCCNC(=O)Nc1ccc2c(c1)C(=O)N(C)[C@H]1CC[C@H](CC(=O)Nc3cccc(C)c3)O[C@@H]1CO2. The van der Waals surface area contributed by atoms with Crippen molar-refractivity contribution in [3.63, 3.8) is 0 Å². The van der Waals surface area contributed by atoms with Gasteiger partial charge in [-0.3, -0.25) is 9.59 Å². The van der Waals surface area contributed by atoms with E-state index in [1.54, 1.807) is 30.1 Å². The molecule has 1 saturated heterocycles. The monoisotopic (exact) mass is 494 g/mol. The van der Waals surface area contributed by atoms with Crippen LogP contribution in [0.25, 0.3) is 0 Å². The Hall–Kier alpha value is -3.59. The summed E-state index contributed by atoms with van der Waals surface area (Å²) >= 11 is 0. The van der Waals surface area contributed by atoms with E-state index in [-0.39, 0.29) is 49.1 Å². The lowest BCUT2D eigenvalue weighted by molar-refractivity contribution is -0.130. The fourth-order valence-corrected chi connectivity index (χ4v) is 4.66. The minimum Gasteiger partial charge on any atom is -0.490 e. The molecule has 2 aromatic carbocycles. The molecule has 2 aliphatic rings. The van der Waals surface area contributed by atoms with Crippen LogP contribution in [0.15, 0.2) is 42.5 Å². The molecule has 2 aromatic rings. The zero-order valence-corrected chi connectivity index (χ0v) is 21.0.